The molecule has 26 heavy (non-hydrogen) atoms. The molecule has 1 aliphatic rings. The highest BCUT2D eigenvalue weighted by molar-refractivity contribution is 7.16. The molecule has 2 aromatic heterocycles. The fraction of sp³-hybridized carbons (Fsp3) is 0.333. The number of carbonyl (C=O) groups excluding carboxylic acids is 2. The Bertz CT molecular complexity index is 956. The number of anilines is 1. The van der Waals surface area contributed by atoms with E-state index in [0.717, 1.165) is 10.2 Å². The van der Waals surface area contributed by atoms with Gasteiger partial charge in [-0.25, -0.2) is 4.98 Å². The van der Waals surface area contributed by atoms with Gasteiger partial charge in [0.2, 0.25) is 5.91 Å². The van der Waals surface area contributed by atoms with Crippen LogP contribution in [0.2, 0.25) is 0 Å². The van der Waals surface area contributed by atoms with E-state index >= 15 is 0 Å². The minimum absolute atomic E-state index is 0.00582. The van der Waals surface area contributed by atoms with E-state index in [1.165, 1.54) is 11.3 Å². The summed E-state index contributed by atoms with van der Waals surface area (Å²) < 4.78 is 5.96. The first-order valence-corrected chi connectivity index (χ1v) is 9.35. The van der Waals surface area contributed by atoms with Gasteiger partial charge in [0.1, 0.15) is 5.76 Å². The molecule has 0 spiro atoms. The number of benzene rings is 1. The van der Waals surface area contributed by atoms with Crippen LogP contribution in [0.25, 0.3) is 10.2 Å². The molecule has 0 atom stereocenters. The maximum atomic E-state index is 12.7. The Morgan fingerprint density at radius 1 is 1.27 bits per heavy atom. The van der Waals surface area contributed by atoms with E-state index in [2.05, 4.69) is 15.5 Å². The number of thiazole rings is 1. The number of amides is 2. The number of aryl methyl sites for hydroxylation is 1. The van der Waals surface area contributed by atoms with Crippen molar-refractivity contribution in [1.82, 2.24) is 15.0 Å². The third kappa shape index (κ3) is 3.32. The van der Waals surface area contributed by atoms with Crippen LogP contribution in [0, 0.1) is 12.8 Å². The number of carbonyl (C=O) groups is 2. The van der Waals surface area contributed by atoms with Crippen molar-refractivity contribution < 1.29 is 14.1 Å². The average molecular weight is 370 g/mol. The maximum absolute atomic E-state index is 12.7. The number of rotatable bonds is 3. The van der Waals surface area contributed by atoms with Crippen molar-refractivity contribution in [2.24, 2.45) is 5.92 Å². The molecule has 134 valence electrons. The quantitative estimate of drug-likeness (QED) is 0.765. The molecule has 2 amide bonds. The second kappa shape index (κ2) is 6.87. The predicted octanol–water partition coefficient (Wildman–Crippen LogP) is 3.08. The molecule has 0 radical (unpaired) electrons. The zero-order chi connectivity index (χ0) is 18.1. The van der Waals surface area contributed by atoms with E-state index in [1.807, 2.05) is 23.1 Å². The number of fused-ring (bicyclic) bond motifs is 1. The third-order valence-electron chi connectivity index (χ3n) is 4.61. The van der Waals surface area contributed by atoms with Gasteiger partial charge in [-0.2, -0.15) is 0 Å². The lowest BCUT2D eigenvalue weighted by atomic mass is 9.95. The topological polar surface area (TPSA) is 88.3 Å². The molecule has 1 aliphatic heterocycles. The van der Waals surface area contributed by atoms with Crippen LogP contribution in [0.4, 0.5) is 5.82 Å². The van der Waals surface area contributed by atoms with Crippen molar-refractivity contribution in [2.45, 2.75) is 19.8 Å². The molecule has 3 heterocycles. The number of hydrogen-bond donors (Lipinski definition) is 1. The minimum Gasteiger partial charge on any atom is -0.360 e. The van der Waals surface area contributed by atoms with Gasteiger partial charge in [-0.05, 0) is 38.0 Å². The van der Waals surface area contributed by atoms with Gasteiger partial charge in [0.15, 0.2) is 5.82 Å². The zero-order valence-corrected chi connectivity index (χ0v) is 15.1. The molecule has 1 saturated heterocycles. The van der Waals surface area contributed by atoms with E-state index in [1.54, 1.807) is 18.5 Å². The summed E-state index contributed by atoms with van der Waals surface area (Å²) in [4.78, 5) is 31.1. The van der Waals surface area contributed by atoms with E-state index in [0.29, 0.717) is 43.1 Å². The second-order valence-electron chi connectivity index (χ2n) is 6.41. The SMILES string of the molecule is Cc1cc(NC(=O)C2CCN(C(=O)c3ccc4ncsc4c3)CC2)no1. The van der Waals surface area contributed by atoms with Crippen LogP contribution < -0.4 is 5.32 Å². The van der Waals surface area contributed by atoms with Crippen molar-refractivity contribution in [3.8, 4) is 0 Å². The normalized spacial score (nSPS) is 15.3. The summed E-state index contributed by atoms with van der Waals surface area (Å²) in [6.45, 7) is 2.90. The number of likely N-dealkylation sites (tertiary alicyclic amines) is 1. The molecule has 0 aliphatic carbocycles. The van der Waals surface area contributed by atoms with Crippen LogP contribution in [-0.4, -0.2) is 39.9 Å². The molecule has 1 fully saturated rings. The van der Waals surface area contributed by atoms with Gasteiger partial charge in [0.25, 0.3) is 5.91 Å². The number of nitrogens with one attached hydrogen (secondary N) is 1. The summed E-state index contributed by atoms with van der Waals surface area (Å²) in [5.74, 6) is 0.894. The van der Waals surface area contributed by atoms with E-state index in [4.69, 9.17) is 4.52 Å². The summed E-state index contributed by atoms with van der Waals surface area (Å²) in [5.41, 5.74) is 3.35. The molecule has 0 unspecified atom stereocenters. The molecule has 3 aromatic rings. The smallest absolute Gasteiger partial charge is 0.253 e. The molecule has 8 heteroatoms. The first-order valence-electron chi connectivity index (χ1n) is 8.47. The maximum Gasteiger partial charge on any atom is 0.253 e. The van der Waals surface area contributed by atoms with Crippen LogP contribution in [-0.2, 0) is 4.79 Å². The van der Waals surface area contributed by atoms with E-state index in [9.17, 15) is 9.59 Å². The van der Waals surface area contributed by atoms with Crippen molar-refractivity contribution in [3.05, 3.63) is 41.1 Å². The van der Waals surface area contributed by atoms with Crippen LogP contribution in [0.3, 0.4) is 0 Å². The molecule has 0 saturated carbocycles. The number of nitrogens with zero attached hydrogens (tertiary/aromatic N) is 3. The van der Waals surface area contributed by atoms with Gasteiger partial charge >= 0.3 is 0 Å². The molecular formula is C18H18N4O3S. The highest BCUT2D eigenvalue weighted by Crippen LogP contribution is 2.23. The van der Waals surface area contributed by atoms with Gasteiger partial charge in [0, 0.05) is 30.6 Å². The first kappa shape index (κ1) is 16.7. The monoisotopic (exact) mass is 370 g/mol. The van der Waals surface area contributed by atoms with Crippen LogP contribution >= 0.6 is 11.3 Å². The van der Waals surface area contributed by atoms with Gasteiger partial charge < -0.3 is 14.7 Å². The lowest BCUT2D eigenvalue weighted by Crippen LogP contribution is -2.41. The highest BCUT2D eigenvalue weighted by Gasteiger charge is 2.28. The van der Waals surface area contributed by atoms with Crippen molar-refractivity contribution in [3.63, 3.8) is 0 Å². The minimum atomic E-state index is -0.125. The lowest BCUT2D eigenvalue weighted by Gasteiger charge is -2.31. The van der Waals surface area contributed by atoms with Gasteiger partial charge in [0.05, 0.1) is 15.7 Å². The summed E-state index contributed by atoms with van der Waals surface area (Å²) in [6.07, 6.45) is 1.27. The third-order valence-corrected chi connectivity index (χ3v) is 5.40. The van der Waals surface area contributed by atoms with Crippen LogP contribution in [0.15, 0.2) is 34.3 Å². The molecule has 1 N–H and O–H groups in total. The van der Waals surface area contributed by atoms with Gasteiger partial charge in [-0.1, -0.05) is 5.16 Å². The average Bonchev–Trinajstić information content (AvgIpc) is 3.29. The fourth-order valence-electron chi connectivity index (χ4n) is 3.17. The molecular weight excluding hydrogens is 352 g/mol. The molecule has 1 aromatic carbocycles. The van der Waals surface area contributed by atoms with Gasteiger partial charge in [-0.15, -0.1) is 11.3 Å². The van der Waals surface area contributed by atoms with E-state index in [-0.39, 0.29) is 17.7 Å². The zero-order valence-electron chi connectivity index (χ0n) is 14.3. The Balaban J connectivity index is 1.36. The van der Waals surface area contributed by atoms with Crippen molar-refractivity contribution in [2.75, 3.05) is 18.4 Å². The van der Waals surface area contributed by atoms with Crippen molar-refractivity contribution in [1.29, 1.82) is 0 Å². The Labute approximate surface area is 154 Å². The Kier molecular flexibility index (Phi) is 4.42. The van der Waals surface area contributed by atoms with Crippen LogP contribution in [0.1, 0.15) is 29.0 Å². The number of piperidine rings is 1. The van der Waals surface area contributed by atoms with E-state index < -0.39 is 0 Å². The van der Waals surface area contributed by atoms with Crippen molar-refractivity contribution >= 4 is 39.2 Å². The molecule has 0 bridgehead atoms. The summed E-state index contributed by atoms with van der Waals surface area (Å²) in [5, 5.41) is 6.55. The standard InChI is InChI=1S/C18H18N4O3S/c1-11-8-16(21-25-11)20-17(23)12-4-6-22(7-5-12)18(24)13-2-3-14-15(9-13)26-10-19-14/h2-3,8-10,12H,4-7H2,1H3,(H,20,21,23). The Morgan fingerprint density at radius 3 is 2.81 bits per heavy atom. The largest absolute Gasteiger partial charge is 0.360 e. The Hall–Kier alpha value is -2.74. The summed E-state index contributed by atoms with van der Waals surface area (Å²) in [6, 6.07) is 7.27. The number of hydrogen-bond acceptors (Lipinski definition) is 6. The Morgan fingerprint density at radius 2 is 2.08 bits per heavy atom. The van der Waals surface area contributed by atoms with Crippen LogP contribution in [0.5, 0.6) is 0 Å². The van der Waals surface area contributed by atoms with Gasteiger partial charge in [-0.3, -0.25) is 9.59 Å². The summed E-state index contributed by atoms with van der Waals surface area (Å²) >= 11 is 1.52. The molecule has 7 nitrogen and oxygen atoms in total. The predicted molar refractivity (Wildman–Crippen MR) is 98.1 cm³/mol. The fourth-order valence-corrected chi connectivity index (χ4v) is 3.89. The molecule has 4 rings (SSSR count). The second-order valence-corrected chi connectivity index (χ2v) is 7.30. The first-order chi connectivity index (χ1) is 12.6. The lowest BCUT2D eigenvalue weighted by molar-refractivity contribution is -0.121. The number of aromatic nitrogens is 2. The summed E-state index contributed by atoms with van der Waals surface area (Å²) in [7, 11) is 0. The highest BCUT2D eigenvalue weighted by atomic mass is 32.1.